The molecule has 5 heterocycles. The van der Waals surface area contributed by atoms with Gasteiger partial charge in [-0.1, -0.05) is 6.92 Å². The van der Waals surface area contributed by atoms with Crippen LogP contribution in [0.25, 0.3) is 11.6 Å². The molecule has 1 saturated heterocycles. The van der Waals surface area contributed by atoms with E-state index in [4.69, 9.17) is 4.98 Å². The van der Waals surface area contributed by atoms with Crippen LogP contribution < -0.4 is 4.90 Å². The standard InChI is InChI=1S/C16H18N8/c1-3-16-5-4-7-23(16)13-12(24-11(2)20-21-14(16)24)9-18-15(19-13)22-8-6-17-10-22/h6,8-10H,3-5,7H2,1-2H3. The molecule has 2 aliphatic heterocycles. The van der Waals surface area contributed by atoms with Gasteiger partial charge in [-0.05, 0) is 26.2 Å². The Bertz CT molecular complexity index is 912. The van der Waals surface area contributed by atoms with Crippen molar-refractivity contribution in [2.24, 2.45) is 0 Å². The molecule has 3 aromatic rings. The van der Waals surface area contributed by atoms with Crippen molar-refractivity contribution in [3.05, 3.63) is 36.6 Å². The first-order valence-corrected chi connectivity index (χ1v) is 8.30. The van der Waals surface area contributed by atoms with Gasteiger partial charge < -0.3 is 4.90 Å². The zero-order valence-electron chi connectivity index (χ0n) is 13.7. The molecule has 24 heavy (non-hydrogen) atoms. The molecule has 122 valence electrons. The summed E-state index contributed by atoms with van der Waals surface area (Å²) < 4.78 is 3.96. The van der Waals surface area contributed by atoms with E-state index in [2.05, 4.69) is 36.6 Å². The van der Waals surface area contributed by atoms with E-state index in [0.717, 1.165) is 49.0 Å². The Kier molecular flexibility index (Phi) is 2.63. The largest absolute Gasteiger partial charge is 0.342 e. The minimum Gasteiger partial charge on any atom is -0.342 e. The Balaban J connectivity index is 1.79. The average molecular weight is 322 g/mol. The molecule has 0 aromatic carbocycles. The van der Waals surface area contributed by atoms with Gasteiger partial charge in [-0.3, -0.25) is 9.13 Å². The third-order valence-corrected chi connectivity index (χ3v) is 5.28. The Morgan fingerprint density at radius 1 is 1.29 bits per heavy atom. The number of imidazole rings is 1. The second-order valence-electron chi connectivity index (χ2n) is 6.40. The van der Waals surface area contributed by atoms with Gasteiger partial charge in [-0.2, -0.15) is 4.98 Å². The summed E-state index contributed by atoms with van der Waals surface area (Å²) in [5.74, 6) is 3.50. The van der Waals surface area contributed by atoms with Crippen molar-refractivity contribution >= 4 is 5.82 Å². The summed E-state index contributed by atoms with van der Waals surface area (Å²) in [5.41, 5.74) is 0.844. The Hall–Kier alpha value is -2.77. The maximum Gasteiger partial charge on any atom is 0.236 e. The van der Waals surface area contributed by atoms with Crippen LogP contribution in [0.2, 0.25) is 0 Å². The van der Waals surface area contributed by atoms with Crippen LogP contribution in [0.5, 0.6) is 0 Å². The zero-order chi connectivity index (χ0) is 16.3. The van der Waals surface area contributed by atoms with Gasteiger partial charge in [0.1, 0.15) is 23.4 Å². The lowest BCUT2D eigenvalue weighted by Gasteiger charge is -2.42. The number of anilines is 1. The Morgan fingerprint density at radius 2 is 2.21 bits per heavy atom. The highest BCUT2D eigenvalue weighted by molar-refractivity contribution is 5.65. The van der Waals surface area contributed by atoms with Crippen LogP contribution in [0.1, 0.15) is 37.8 Å². The fourth-order valence-corrected chi connectivity index (χ4v) is 4.11. The third kappa shape index (κ3) is 1.55. The van der Waals surface area contributed by atoms with Gasteiger partial charge in [-0.25, -0.2) is 9.97 Å². The molecule has 0 amide bonds. The van der Waals surface area contributed by atoms with Crippen molar-refractivity contribution in [2.75, 3.05) is 11.4 Å². The molecule has 0 bridgehead atoms. The molecular formula is C16H18N8. The van der Waals surface area contributed by atoms with Gasteiger partial charge in [0, 0.05) is 18.9 Å². The Labute approximate surface area is 139 Å². The summed E-state index contributed by atoms with van der Waals surface area (Å²) in [6.07, 6.45) is 10.4. The van der Waals surface area contributed by atoms with Gasteiger partial charge in [0.05, 0.1) is 6.20 Å². The van der Waals surface area contributed by atoms with Crippen LogP contribution in [0.3, 0.4) is 0 Å². The number of hydrogen-bond acceptors (Lipinski definition) is 6. The molecule has 0 aliphatic carbocycles. The SMILES string of the molecule is CCC12CCCN1c1nc(-n3ccnc3)ncc1-n1c(C)nnc12. The molecule has 0 spiro atoms. The molecule has 8 nitrogen and oxygen atoms in total. The smallest absolute Gasteiger partial charge is 0.236 e. The van der Waals surface area contributed by atoms with Crippen LogP contribution in [0.15, 0.2) is 24.9 Å². The predicted molar refractivity (Wildman–Crippen MR) is 87.4 cm³/mol. The number of aryl methyl sites for hydroxylation is 1. The molecular weight excluding hydrogens is 304 g/mol. The van der Waals surface area contributed by atoms with Crippen molar-refractivity contribution in [3.63, 3.8) is 0 Å². The van der Waals surface area contributed by atoms with Crippen LogP contribution in [0.4, 0.5) is 5.82 Å². The summed E-state index contributed by atoms with van der Waals surface area (Å²) in [4.78, 5) is 15.9. The average Bonchev–Trinajstić information content (AvgIpc) is 3.34. The molecule has 5 rings (SSSR count). The first kappa shape index (κ1) is 13.6. The van der Waals surface area contributed by atoms with Crippen LogP contribution in [-0.4, -0.2) is 40.8 Å². The molecule has 0 radical (unpaired) electrons. The van der Waals surface area contributed by atoms with Crippen molar-refractivity contribution < 1.29 is 0 Å². The number of rotatable bonds is 2. The molecule has 1 fully saturated rings. The molecule has 2 aliphatic rings. The highest BCUT2D eigenvalue weighted by Crippen LogP contribution is 2.48. The molecule has 1 unspecified atom stereocenters. The normalized spacial score (nSPS) is 21.5. The van der Waals surface area contributed by atoms with E-state index in [1.54, 1.807) is 12.5 Å². The summed E-state index contributed by atoms with van der Waals surface area (Å²) in [6.45, 7) is 5.18. The topological polar surface area (TPSA) is 77.5 Å². The molecule has 0 N–H and O–H groups in total. The fourth-order valence-electron chi connectivity index (χ4n) is 4.11. The van der Waals surface area contributed by atoms with E-state index in [1.807, 2.05) is 23.9 Å². The van der Waals surface area contributed by atoms with Crippen molar-refractivity contribution in [3.8, 4) is 11.6 Å². The van der Waals surface area contributed by atoms with Crippen molar-refractivity contribution in [1.29, 1.82) is 0 Å². The maximum atomic E-state index is 4.87. The molecule has 3 aromatic heterocycles. The number of aromatic nitrogens is 7. The van der Waals surface area contributed by atoms with Gasteiger partial charge in [0.25, 0.3) is 0 Å². The van der Waals surface area contributed by atoms with Crippen molar-refractivity contribution in [1.82, 2.24) is 34.3 Å². The number of fused-ring (bicyclic) bond motifs is 6. The van der Waals surface area contributed by atoms with Gasteiger partial charge in [0.2, 0.25) is 5.95 Å². The summed E-state index contributed by atoms with van der Waals surface area (Å²) in [6, 6.07) is 0. The number of nitrogens with zero attached hydrogens (tertiary/aromatic N) is 8. The van der Waals surface area contributed by atoms with Crippen LogP contribution in [0, 0.1) is 6.92 Å². The van der Waals surface area contributed by atoms with Gasteiger partial charge in [0.15, 0.2) is 11.6 Å². The van der Waals surface area contributed by atoms with E-state index in [-0.39, 0.29) is 5.54 Å². The quantitative estimate of drug-likeness (QED) is 0.715. The highest BCUT2D eigenvalue weighted by Gasteiger charge is 2.50. The van der Waals surface area contributed by atoms with Crippen LogP contribution in [-0.2, 0) is 5.54 Å². The lowest BCUT2D eigenvalue weighted by Crippen LogP contribution is -2.47. The van der Waals surface area contributed by atoms with Crippen LogP contribution >= 0.6 is 0 Å². The maximum absolute atomic E-state index is 4.87. The van der Waals surface area contributed by atoms with Crippen molar-refractivity contribution in [2.45, 2.75) is 38.6 Å². The highest BCUT2D eigenvalue weighted by atomic mass is 15.4. The molecule has 8 heteroatoms. The second kappa shape index (κ2) is 4.62. The summed E-state index contributed by atoms with van der Waals surface area (Å²) >= 11 is 0. The molecule has 0 saturated carbocycles. The monoisotopic (exact) mass is 322 g/mol. The van der Waals surface area contributed by atoms with E-state index in [1.165, 1.54) is 0 Å². The van der Waals surface area contributed by atoms with E-state index in [9.17, 15) is 0 Å². The van der Waals surface area contributed by atoms with E-state index < -0.39 is 0 Å². The zero-order valence-corrected chi connectivity index (χ0v) is 13.7. The summed E-state index contributed by atoms with van der Waals surface area (Å²) in [7, 11) is 0. The van der Waals surface area contributed by atoms with E-state index >= 15 is 0 Å². The predicted octanol–water partition coefficient (Wildman–Crippen LogP) is 1.77. The van der Waals surface area contributed by atoms with Gasteiger partial charge >= 0.3 is 0 Å². The molecule has 1 atom stereocenters. The first-order valence-electron chi connectivity index (χ1n) is 8.30. The number of hydrogen-bond donors (Lipinski definition) is 0. The lowest BCUT2D eigenvalue weighted by molar-refractivity contribution is 0.381. The summed E-state index contributed by atoms with van der Waals surface area (Å²) in [5, 5.41) is 8.85. The lowest BCUT2D eigenvalue weighted by atomic mass is 9.90. The van der Waals surface area contributed by atoms with E-state index in [0.29, 0.717) is 5.95 Å². The fraction of sp³-hybridized carbons (Fsp3) is 0.438. The minimum absolute atomic E-state index is 0.116. The minimum atomic E-state index is -0.116. The first-order chi connectivity index (χ1) is 11.7. The Morgan fingerprint density at radius 3 is 3.00 bits per heavy atom. The second-order valence-corrected chi connectivity index (χ2v) is 6.40. The van der Waals surface area contributed by atoms with Gasteiger partial charge in [-0.15, -0.1) is 10.2 Å². The third-order valence-electron chi connectivity index (χ3n) is 5.28.